The van der Waals surface area contributed by atoms with Crippen LogP contribution in [0.4, 0.5) is 0 Å². The van der Waals surface area contributed by atoms with Crippen molar-refractivity contribution in [3.63, 3.8) is 0 Å². The van der Waals surface area contributed by atoms with Gasteiger partial charge in [-0.15, -0.1) is 0 Å². The fourth-order valence-corrected chi connectivity index (χ4v) is 8.78. The van der Waals surface area contributed by atoms with Gasteiger partial charge in [0, 0.05) is 19.3 Å². The second-order valence-electron chi connectivity index (χ2n) is 20.3. The van der Waals surface area contributed by atoms with E-state index >= 15 is 0 Å². The summed E-state index contributed by atoms with van der Waals surface area (Å²) in [5.41, 5.74) is 0. The number of carbonyl (C=O) groups excluding carboxylic acids is 3. The molecule has 0 N–H and O–H groups in total. The molecule has 0 aliphatic carbocycles. The van der Waals surface area contributed by atoms with Gasteiger partial charge in [0.25, 0.3) is 0 Å². The van der Waals surface area contributed by atoms with Crippen LogP contribution >= 0.6 is 0 Å². The van der Waals surface area contributed by atoms with Crippen molar-refractivity contribution in [2.75, 3.05) is 13.2 Å². The van der Waals surface area contributed by atoms with Gasteiger partial charge >= 0.3 is 17.9 Å². The number of esters is 3. The SMILES string of the molecule is CCCCC/C=C\C/C=C\C/C=C\C/C=C\CCCCCC(=O)OC[C@@H](COC(=O)CCCCCCCCCCCCCCCCCC)OC(=O)CCCCCCCCCCCCCCCCCC. The first-order valence-corrected chi connectivity index (χ1v) is 30.1. The maximum absolute atomic E-state index is 12.9. The zero-order chi connectivity index (χ0) is 50.0. The lowest BCUT2D eigenvalue weighted by atomic mass is 10.0. The van der Waals surface area contributed by atoms with Crippen LogP contribution < -0.4 is 0 Å². The zero-order valence-corrected chi connectivity index (χ0v) is 46.1. The lowest BCUT2D eigenvalue weighted by Gasteiger charge is -2.18. The van der Waals surface area contributed by atoms with Crippen LogP contribution in [0.15, 0.2) is 48.6 Å². The highest BCUT2D eigenvalue weighted by Crippen LogP contribution is 2.17. The predicted molar refractivity (Wildman–Crippen MR) is 298 cm³/mol. The second kappa shape index (κ2) is 57.9. The van der Waals surface area contributed by atoms with Crippen molar-refractivity contribution >= 4 is 17.9 Å². The molecule has 69 heavy (non-hydrogen) atoms. The highest BCUT2D eigenvalue weighted by Gasteiger charge is 2.19. The van der Waals surface area contributed by atoms with Crippen LogP contribution in [0.5, 0.6) is 0 Å². The lowest BCUT2D eigenvalue weighted by molar-refractivity contribution is -0.167. The molecule has 0 aromatic carbocycles. The standard InChI is InChI=1S/C63H114O6/c1-4-7-10-13-16-19-22-25-28-31-32-33-36-38-41-44-47-50-53-56-62(65)68-59-60(69-63(66)57-54-51-48-45-42-39-35-30-27-24-21-18-15-12-9-6-3)58-67-61(64)55-52-49-46-43-40-37-34-29-26-23-20-17-14-11-8-5-2/h16,19,25,28,32-33,38,41,60H,4-15,17-18,20-24,26-27,29-31,34-37,39-40,42-59H2,1-3H3/b19-16-,28-25-,33-32-,41-38-/t60-/m1/s1. The molecule has 0 spiro atoms. The van der Waals surface area contributed by atoms with Gasteiger partial charge in [0.1, 0.15) is 13.2 Å². The quantitative estimate of drug-likeness (QED) is 0.0262. The predicted octanol–water partition coefficient (Wildman–Crippen LogP) is 20.2. The van der Waals surface area contributed by atoms with E-state index in [0.29, 0.717) is 19.3 Å². The number of carbonyl (C=O) groups is 3. The maximum Gasteiger partial charge on any atom is 0.306 e. The van der Waals surface area contributed by atoms with Gasteiger partial charge in [0.05, 0.1) is 0 Å². The maximum atomic E-state index is 12.9. The Morgan fingerprint density at radius 3 is 0.841 bits per heavy atom. The number of rotatable bonds is 55. The van der Waals surface area contributed by atoms with E-state index in [4.69, 9.17) is 14.2 Å². The highest BCUT2D eigenvalue weighted by atomic mass is 16.6. The van der Waals surface area contributed by atoms with E-state index in [2.05, 4.69) is 69.4 Å². The van der Waals surface area contributed by atoms with Crippen LogP contribution in [0, 0.1) is 0 Å². The number of allylic oxidation sites excluding steroid dienone is 8. The molecule has 1 atom stereocenters. The molecule has 0 amide bonds. The lowest BCUT2D eigenvalue weighted by Crippen LogP contribution is -2.30. The third-order valence-electron chi connectivity index (χ3n) is 13.3. The molecular formula is C63H114O6. The van der Waals surface area contributed by atoms with Gasteiger partial charge in [-0.1, -0.05) is 281 Å². The summed E-state index contributed by atoms with van der Waals surface area (Å²) < 4.78 is 16.9. The Morgan fingerprint density at radius 2 is 0.522 bits per heavy atom. The normalized spacial score (nSPS) is 12.3. The molecule has 0 bridgehead atoms. The average molecular weight is 968 g/mol. The number of hydrogen-bond donors (Lipinski definition) is 0. The molecule has 0 rings (SSSR count). The van der Waals surface area contributed by atoms with Crippen LogP contribution in [0.1, 0.15) is 316 Å². The van der Waals surface area contributed by atoms with E-state index in [9.17, 15) is 14.4 Å². The van der Waals surface area contributed by atoms with E-state index in [1.807, 2.05) is 0 Å². The molecule has 0 fully saturated rings. The Kier molecular flexibility index (Phi) is 55.7. The second-order valence-corrected chi connectivity index (χ2v) is 20.3. The van der Waals surface area contributed by atoms with Crippen molar-refractivity contribution < 1.29 is 28.6 Å². The molecule has 0 aromatic rings. The summed E-state index contributed by atoms with van der Waals surface area (Å²) in [4.78, 5) is 38.2. The molecule has 0 saturated heterocycles. The fraction of sp³-hybridized carbons (Fsp3) is 0.825. The average Bonchev–Trinajstić information content (AvgIpc) is 3.35. The van der Waals surface area contributed by atoms with Crippen molar-refractivity contribution in [1.29, 1.82) is 0 Å². The third kappa shape index (κ3) is 56.2. The van der Waals surface area contributed by atoms with Crippen LogP contribution in [0.25, 0.3) is 0 Å². The summed E-state index contributed by atoms with van der Waals surface area (Å²) in [6.45, 7) is 6.63. The van der Waals surface area contributed by atoms with Gasteiger partial charge in [0.15, 0.2) is 6.10 Å². The number of ether oxygens (including phenoxy) is 3. The van der Waals surface area contributed by atoms with E-state index < -0.39 is 6.10 Å². The first kappa shape index (κ1) is 66.4. The van der Waals surface area contributed by atoms with Gasteiger partial charge in [0.2, 0.25) is 0 Å². The number of hydrogen-bond acceptors (Lipinski definition) is 6. The van der Waals surface area contributed by atoms with Crippen molar-refractivity contribution in [3.05, 3.63) is 48.6 Å². The van der Waals surface area contributed by atoms with Crippen LogP contribution in [-0.2, 0) is 28.6 Å². The summed E-state index contributed by atoms with van der Waals surface area (Å²) in [6.07, 6.45) is 71.0. The van der Waals surface area contributed by atoms with Gasteiger partial charge in [-0.2, -0.15) is 0 Å². The van der Waals surface area contributed by atoms with E-state index in [1.165, 1.54) is 193 Å². The molecule has 0 unspecified atom stereocenters. The minimum atomic E-state index is -0.783. The molecule has 0 aliphatic rings. The Hall–Kier alpha value is -2.63. The summed E-state index contributed by atoms with van der Waals surface area (Å²) >= 11 is 0. The van der Waals surface area contributed by atoms with Gasteiger partial charge in [-0.3, -0.25) is 14.4 Å². The molecule has 6 heteroatoms. The first-order valence-electron chi connectivity index (χ1n) is 30.1. The van der Waals surface area contributed by atoms with E-state index in [-0.39, 0.29) is 31.1 Å². The van der Waals surface area contributed by atoms with Crippen LogP contribution in [-0.4, -0.2) is 37.2 Å². The highest BCUT2D eigenvalue weighted by molar-refractivity contribution is 5.71. The smallest absolute Gasteiger partial charge is 0.306 e. The third-order valence-corrected chi connectivity index (χ3v) is 13.3. The van der Waals surface area contributed by atoms with E-state index in [1.54, 1.807) is 0 Å². The van der Waals surface area contributed by atoms with Crippen LogP contribution in [0.2, 0.25) is 0 Å². The molecule has 0 aromatic heterocycles. The van der Waals surface area contributed by atoms with Gasteiger partial charge in [-0.05, 0) is 64.2 Å². The molecular weight excluding hydrogens is 853 g/mol. The molecule has 6 nitrogen and oxygen atoms in total. The minimum absolute atomic E-state index is 0.0786. The summed E-state index contributed by atoms with van der Waals surface area (Å²) in [5, 5.41) is 0. The van der Waals surface area contributed by atoms with Crippen LogP contribution in [0.3, 0.4) is 0 Å². The fourth-order valence-electron chi connectivity index (χ4n) is 8.78. The zero-order valence-electron chi connectivity index (χ0n) is 46.1. The van der Waals surface area contributed by atoms with Gasteiger partial charge < -0.3 is 14.2 Å². The largest absolute Gasteiger partial charge is 0.462 e. The Bertz CT molecular complexity index is 1200. The Labute approximate surface area is 428 Å². The number of unbranched alkanes of at least 4 members (excludes halogenated alkanes) is 36. The van der Waals surface area contributed by atoms with E-state index in [0.717, 1.165) is 83.5 Å². The monoisotopic (exact) mass is 967 g/mol. The summed E-state index contributed by atoms with van der Waals surface area (Å²) in [5.74, 6) is -0.891. The molecule has 0 aliphatic heterocycles. The minimum Gasteiger partial charge on any atom is -0.462 e. The Morgan fingerprint density at radius 1 is 0.290 bits per heavy atom. The van der Waals surface area contributed by atoms with Crippen molar-refractivity contribution in [3.8, 4) is 0 Å². The summed E-state index contributed by atoms with van der Waals surface area (Å²) in [6, 6.07) is 0. The van der Waals surface area contributed by atoms with Gasteiger partial charge in [-0.25, -0.2) is 0 Å². The molecule has 402 valence electrons. The molecule has 0 radical (unpaired) electrons. The Balaban J connectivity index is 4.39. The van der Waals surface area contributed by atoms with Crippen molar-refractivity contribution in [2.45, 2.75) is 322 Å². The summed E-state index contributed by atoms with van der Waals surface area (Å²) in [7, 11) is 0. The topological polar surface area (TPSA) is 78.9 Å². The first-order chi connectivity index (χ1) is 34.0. The van der Waals surface area contributed by atoms with Crippen molar-refractivity contribution in [2.24, 2.45) is 0 Å². The molecule has 0 heterocycles. The van der Waals surface area contributed by atoms with Crippen molar-refractivity contribution in [1.82, 2.24) is 0 Å². The molecule has 0 saturated carbocycles.